The third kappa shape index (κ3) is 3.01. The first kappa shape index (κ1) is 14.0. The van der Waals surface area contributed by atoms with Crippen LogP contribution < -0.4 is 5.32 Å². The Morgan fingerprint density at radius 1 is 1.10 bits per heavy atom. The Kier molecular flexibility index (Phi) is 4.32. The Morgan fingerprint density at radius 3 is 2.60 bits per heavy atom. The summed E-state index contributed by atoms with van der Waals surface area (Å²) in [5, 5.41) is 3.43. The summed E-state index contributed by atoms with van der Waals surface area (Å²) in [6.07, 6.45) is 3.66. The van der Waals surface area contributed by atoms with Gasteiger partial charge in [0, 0.05) is 12.1 Å². The first-order valence-electron chi connectivity index (χ1n) is 7.60. The maximum Gasteiger partial charge on any atom is 0.163 e. The van der Waals surface area contributed by atoms with Gasteiger partial charge in [0.2, 0.25) is 0 Å². The average molecular weight is 280 g/mol. The quantitative estimate of drug-likeness (QED) is 0.916. The van der Waals surface area contributed by atoms with E-state index in [1.807, 2.05) is 0 Å². The molecule has 110 valence electrons. The van der Waals surface area contributed by atoms with Crippen LogP contribution in [0.25, 0.3) is 0 Å². The summed E-state index contributed by atoms with van der Waals surface area (Å²) in [6, 6.07) is 4.45. The number of likely N-dealkylation sites (tertiary alicyclic amines) is 1. The van der Waals surface area contributed by atoms with Crippen molar-refractivity contribution in [3.8, 4) is 0 Å². The molecule has 0 radical (unpaired) electrons. The SMILES string of the molecule is Fc1cccc(CN2CCC(C3CCNC3)CC2)c1F. The molecule has 3 rings (SSSR count). The maximum atomic E-state index is 13.7. The predicted molar refractivity (Wildman–Crippen MR) is 75.3 cm³/mol. The van der Waals surface area contributed by atoms with Crippen LogP contribution in [0.3, 0.4) is 0 Å². The number of benzene rings is 1. The molecule has 1 aromatic rings. The van der Waals surface area contributed by atoms with Gasteiger partial charge in [-0.15, -0.1) is 0 Å². The highest BCUT2D eigenvalue weighted by Gasteiger charge is 2.28. The molecule has 1 N–H and O–H groups in total. The fraction of sp³-hybridized carbons (Fsp3) is 0.625. The lowest BCUT2D eigenvalue weighted by molar-refractivity contribution is 0.145. The van der Waals surface area contributed by atoms with Crippen molar-refractivity contribution in [3.63, 3.8) is 0 Å². The summed E-state index contributed by atoms with van der Waals surface area (Å²) in [5.41, 5.74) is 0.478. The second kappa shape index (κ2) is 6.19. The van der Waals surface area contributed by atoms with Gasteiger partial charge in [-0.3, -0.25) is 4.90 Å². The Bertz CT molecular complexity index is 450. The zero-order valence-corrected chi connectivity index (χ0v) is 11.7. The lowest BCUT2D eigenvalue weighted by Crippen LogP contribution is -2.36. The van der Waals surface area contributed by atoms with Crippen LogP contribution in [0.1, 0.15) is 24.8 Å². The Morgan fingerprint density at radius 2 is 1.90 bits per heavy atom. The fourth-order valence-electron chi connectivity index (χ4n) is 3.57. The summed E-state index contributed by atoms with van der Waals surface area (Å²) >= 11 is 0. The molecule has 1 unspecified atom stereocenters. The molecule has 1 aromatic carbocycles. The van der Waals surface area contributed by atoms with E-state index in [9.17, 15) is 8.78 Å². The van der Waals surface area contributed by atoms with Crippen molar-refractivity contribution in [1.29, 1.82) is 0 Å². The van der Waals surface area contributed by atoms with Gasteiger partial charge in [-0.05, 0) is 63.3 Å². The molecule has 2 saturated heterocycles. The van der Waals surface area contributed by atoms with E-state index < -0.39 is 11.6 Å². The highest BCUT2D eigenvalue weighted by Crippen LogP contribution is 2.29. The molecule has 0 spiro atoms. The third-order valence-corrected chi connectivity index (χ3v) is 4.82. The van der Waals surface area contributed by atoms with Crippen LogP contribution in [-0.4, -0.2) is 31.1 Å². The molecule has 0 bridgehead atoms. The van der Waals surface area contributed by atoms with Crippen LogP contribution in [0.15, 0.2) is 18.2 Å². The molecule has 2 aliphatic rings. The van der Waals surface area contributed by atoms with Gasteiger partial charge in [0.15, 0.2) is 11.6 Å². The lowest BCUT2D eigenvalue weighted by Gasteiger charge is -2.34. The molecule has 0 saturated carbocycles. The molecule has 2 fully saturated rings. The van der Waals surface area contributed by atoms with Crippen molar-refractivity contribution in [3.05, 3.63) is 35.4 Å². The number of piperidine rings is 1. The predicted octanol–water partition coefficient (Wildman–Crippen LogP) is 2.79. The molecule has 0 aliphatic carbocycles. The molecular weight excluding hydrogens is 258 g/mol. The summed E-state index contributed by atoms with van der Waals surface area (Å²) in [4.78, 5) is 2.25. The minimum absolute atomic E-state index is 0.478. The normalized spacial score (nSPS) is 25.2. The molecule has 2 aliphatic heterocycles. The van der Waals surface area contributed by atoms with Crippen molar-refractivity contribution in [1.82, 2.24) is 10.2 Å². The maximum absolute atomic E-state index is 13.7. The van der Waals surface area contributed by atoms with E-state index >= 15 is 0 Å². The Balaban J connectivity index is 1.54. The smallest absolute Gasteiger partial charge is 0.163 e. The topological polar surface area (TPSA) is 15.3 Å². The minimum atomic E-state index is -0.741. The number of nitrogens with one attached hydrogen (secondary N) is 1. The van der Waals surface area contributed by atoms with Crippen LogP contribution in [0.2, 0.25) is 0 Å². The number of halogens is 2. The molecule has 2 nitrogen and oxygen atoms in total. The zero-order valence-electron chi connectivity index (χ0n) is 11.7. The molecule has 4 heteroatoms. The van der Waals surface area contributed by atoms with E-state index in [-0.39, 0.29) is 0 Å². The largest absolute Gasteiger partial charge is 0.316 e. The van der Waals surface area contributed by atoms with E-state index in [1.54, 1.807) is 12.1 Å². The van der Waals surface area contributed by atoms with Crippen LogP contribution in [-0.2, 0) is 6.54 Å². The van der Waals surface area contributed by atoms with Gasteiger partial charge >= 0.3 is 0 Å². The average Bonchev–Trinajstić information content (AvgIpc) is 2.99. The molecule has 2 heterocycles. The Hall–Kier alpha value is -1.00. The van der Waals surface area contributed by atoms with E-state index in [2.05, 4.69) is 10.2 Å². The van der Waals surface area contributed by atoms with Gasteiger partial charge in [-0.2, -0.15) is 0 Å². The third-order valence-electron chi connectivity index (χ3n) is 4.82. The van der Waals surface area contributed by atoms with Crippen molar-refractivity contribution in [2.24, 2.45) is 11.8 Å². The van der Waals surface area contributed by atoms with Crippen LogP contribution in [0.5, 0.6) is 0 Å². The van der Waals surface area contributed by atoms with Crippen LogP contribution in [0.4, 0.5) is 8.78 Å². The Labute approximate surface area is 119 Å². The van der Waals surface area contributed by atoms with Gasteiger partial charge in [0.05, 0.1) is 0 Å². The van der Waals surface area contributed by atoms with E-state index in [1.165, 1.54) is 25.3 Å². The molecular formula is C16H22F2N2. The molecule has 20 heavy (non-hydrogen) atoms. The van der Waals surface area contributed by atoms with Crippen LogP contribution >= 0.6 is 0 Å². The van der Waals surface area contributed by atoms with Crippen molar-refractivity contribution in [2.45, 2.75) is 25.8 Å². The van der Waals surface area contributed by atoms with Gasteiger partial charge in [0.25, 0.3) is 0 Å². The van der Waals surface area contributed by atoms with Gasteiger partial charge in [-0.1, -0.05) is 12.1 Å². The molecule has 0 aromatic heterocycles. The molecule has 0 amide bonds. The second-order valence-corrected chi connectivity index (χ2v) is 6.08. The highest BCUT2D eigenvalue weighted by atomic mass is 19.2. The number of hydrogen-bond donors (Lipinski definition) is 1. The van der Waals surface area contributed by atoms with Gasteiger partial charge in [-0.25, -0.2) is 8.78 Å². The van der Waals surface area contributed by atoms with E-state index in [0.29, 0.717) is 12.1 Å². The first-order valence-corrected chi connectivity index (χ1v) is 7.60. The number of rotatable bonds is 3. The lowest BCUT2D eigenvalue weighted by atomic mass is 9.84. The minimum Gasteiger partial charge on any atom is -0.316 e. The van der Waals surface area contributed by atoms with Crippen molar-refractivity contribution in [2.75, 3.05) is 26.2 Å². The summed E-state index contributed by atoms with van der Waals surface area (Å²) in [7, 11) is 0. The number of hydrogen-bond acceptors (Lipinski definition) is 2. The van der Waals surface area contributed by atoms with Crippen molar-refractivity contribution >= 4 is 0 Å². The van der Waals surface area contributed by atoms with E-state index in [4.69, 9.17) is 0 Å². The van der Waals surface area contributed by atoms with Crippen molar-refractivity contribution < 1.29 is 8.78 Å². The fourth-order valence-corrected chi connectivity index (χ4v) is 3.57. The summed E-state index contributed by atoms with van der Waals surface area (Å²) < 4.78 is 26.9. The van der Waals surface area contributed by atoms with E-state index in [0.717, 1.165) is 38.0 Å². The molecule has 1 atom stereocenters. The summed E-state index contributed by atoms with van der Waals surface area (Å²) in [5.74, 6) is 0.200. The van der Waals surface area contributed by atoms with Gasteiger partial charge < -0.3 is 5.32 Å². The highest BCUT2D eigenvalue weighted by molar-refractivity contribution is 5.18. The number of nitrogens with zero attached hydrogens (tertiary/aromatic N) is 1. The zero-order chi connectivity index (χ0) is 13.9. The monoisotopic (exact) mass is 280 g/mol. The van der Waals surface area contributed by atoms with Gasteiger partial charge in [0.1, 0.15) is 0 Å². The standard InChI is InChI=1S/C16H22F2N2/c17-15-3-1-2-14(16(15)18)11-20-8-5-12(6-9-20)13-4-7-19-10-13/h1-3,12-13,19H,4-11H2. The first-order chi connectivity index (χ1) is 9.74. The summed E-state index contributed by atoms with van der Waals surface area (Å²) in [6.45, 7) is 4.83. The second-order valence-electron chi connectivity index (χ2n) is 6.08. The van der Waals surface area contributed by atoms with Crippen LogP contribution in [0, 0.1) is 23.5 Å².